The van der Waals surface area contributed by atoms with E-state index in [1.165, 1.54) is 31.2 Å². The number of benzene rings is 1. The minimum absolute atomic E-state index is 0. The molecule has 0 unspecified atom stereocenters. The highest BCUT2D eigenvalue weighted by molar-refractivity contribution is 14.0. The third kappa shape index (κ3) is 6.22. The number of nitrogens with zero attached hydrogens (tertiary/aromatic N) is 2. The van der Waals surface area contributed by atoms with E-state index in [0.717, 1.165) is 24.8 Å². The number of aryl methyl sites for hydroxylation is 1. The SMILES string of the molecule is Cc1ccc(NC(N)=NCCN(C)C2CCCC2)cc1.I. The van der Waals surface area contributed by atoms with Gasteiger partial charge in [-0.1, -0.05) is 30.5 Å². The summed E-state index contributed by atoms with van der Waals surface area (Å²) in [4.78, 5) is 6.81. The molecule has 3 N–H and O–H groups in total. The Morgan fingerprint density at radius 1 is 1.29 bits per heavy atom. The molecule has 0 aromatic heterocycles. The molecule has 4 nitrogen and oxygen atoms in total. The Labute approximate surface area is 145 Å². The molecule has 0 bridgehead atoms. The van der Waals surface area contributed by atoms with E-state index < -0.39 is 0 Å². The Balaban J connectivity index is 0.00000220. The summed E-state index contributed by atoms with van der Waals surface area (Å²) in [5, 5.41) is 3.12. The highest BCUT2D eigenvalue weighted by atomic mass is 127. The second kappa shape index (κ2) is 9.25. The zero-order chi connectivity index (χ0) is 14.4. The molecule has 0 atom stereocenters. The molecule has 0 amide bonds. The second-order valence-electron chi connectivity index (χ2n) is 5.68. The fourth-order valence-corrected chi connectivity index (χ4v) is 2.68. The van der Waals surface area contributed by atoms with Gasteiger partial charge in [-0.05, 0) is 38.9 Å². The molecule has 0 heterocycles. The molecule has 1 aliphatic rings. The Bertz CT molecular complexity index is 438. The second-order valence-corrected chi connectivity index (χ2v) is 5.68. The van der Waals surface area contributed by atoms with Crippen LogP contribution in [0.3, 0.4) is 0 Å². The van der Waals surface area contributed by atoms with E-state index in [9.17, 15) is 0 Å². The predicted molar refractivity (Wildman–Crippen MR) is 102 cm³/mol. The molecule has 1 aromatic rings. The average molecular weight is 402 g/mol. The quantitative estimate of drug-likeness (QED) is 0.452. The number of rotatable bonds is 5. The van der Waals surface area contributed by atoms with Gasteiger partial charge in [0.15, 0.2) is 5.96 Å². The number of halogens is 1. The van der Waals surface area contributed by atoms with Crippen molar-refractivity contribution in [3.8, 4) is 0 Å². The molecular formula is C16H27IN4. The maximum atomic E-state index is 5.90. The molecule has 1 aliphatic carbocycles. The first kappa shape index (κ1) is 18.2. The van der Waals surface area contributed by atoms with Gasteiger partial charge in [-0.15, -0.1) is 24.0 Å². The topological polar surface area (TPSA) is 53.6 Å². The summed E-state index contributed by atoms with van der Waals surface area (Å²) in [6.07, 6.45) is 5.40. The van der Waals surface area contributed by atoms with Crippen molar-refractivity contribution in [2.24, 2.45) is 10.7 Å². The monoisotopic (exact) mass is 402 g/mol. The number of hydrogen-bond donors (Lipinski definition) is 2. The number of hydrogen-bond acceptors (Lipinski definition) is 2. The first-order valence-corrected chi connectivity index (χ1v) is 7.49. The molecule has 2 rings (SSSR count). The summed E-state index contributed by atoms with van der Waals surface area (Å²) in [5.41, 5.74) is 8.13. The molecule has 0 radical (unpaired) electrons. The van der Waals surface area contributed by atoms with Crippen LogP contribution >= 0.6 is 24.0 Å². The smallest absolute Gasteiger partial charge is 0.193 e. The standard InChI is InChI=1S/C16H26N4.HI/c1-13-7-9-14(10-8-13)19-16(17)18-11-12-20(2)15-5-3-4-6-15;/h7-10,15H,3-6,11-12H2,1-2H3,(H3,17,18,19);1H. The van der Waals surface area contributed by atoms with Gasteiger partial charge in [-0.25, -0.2) is 0 Å². The normalized spacial score (nSPS) is 16.0. The number of nitrogens with two attached hydrogens (primary N) is 1. The average Bonchev–Trinajstić information content (AvgIpc) is 2.95. The number of guanidine groups is 1. The molecule has 118 valence electrons. The van der Waals surface area contributed by atoms with E-state index in [4.69, 9.17) is 5.73 Å². The van der Waals surface area contributed by atoms with Gasteiger partial charge >= 0.3 is 0 Å². The minimum atomic E-state index is 0. The van der Waals surface area contributed by atoms with E-state index in [0.29, 0.717) is 5.96 Å². The summed E-state index contributed by atoms with van der Waals surface area (Å²) in [7, 11) is 2.19. The lowest BCUT2D eigenvalue weighted by Gasteiger charge is -2.22. The van der Waals surface area contributed by atoms with Crippen LogP contribution in [0, 0.1) is 6.92 Å². The van der Waals surface area contributed by atoms with Crippen LogP contribution in [-0.2, 0) is 0 Å². The molecule has 1 fully saturated rings. The van der Waals surface area contributed by atoms with Gasteiger partial charge < -0.3 is 16.0 Å². The van der Waals surface area contributed by atoms with Gasteiger partial charge in [0.2, 0.25) is 0 Å². The van der Waals surface area contributed by atoms with Gasteiger partial charge in [0.1, 0.15) is 0 Å². The Hall–Kier alpha value is -0.820. The highest BCUT2D eigenvalue weighted by Gasteiger charge is 2.18. The van der Waals surface area contributed by atoms with Crippen LogP contribution in [-0.4, -0.2) is 37.0 Å². The van der Waals surface area contributed by atoms with Gasteiger partial charge in [-0.2, -0.15) is 0 Å². The van der Waals surface area contributed by atoms with Gasteiger partial charge in [-0.3, -0.25) is 4.99 Å². The van der Waals surface area contributed by atoms with E-state index >= 15 is 0 Å². The number of aliphatic imine (C=N–C) groups is 1. The fraction of sp³-hybridized carbons (Fsp3) is 0.562. The Morgan fingerprint density at radius 3 is 2.52 bits per heavy atom. The molecule has 0 aliphatic heterocycles. The summed E-state index contributed by atoms with van der Waals surface area (Å²) in [5.74, 6) is 0.494. The zero-order valence-electron chi connectivity index (χ0n) is 13.0. The number of anilines is 1. The van der Waals surface area contributed by atoms with Crippen LogP contribution < -0.4 is 11.1 Å². The Morgan fingerprint density at radius 2 is 1.90 bits per heavy atom. The highest BCUT2D eigenvalue weighted by Crippen LogP contribution is 2.21. The summed E-state index contributed by atoms with van der Waals surface area (Å²) < 4.78 is 0. The van der Waals surface area contributed by atoms with E-state index in [-0.39, 0.29) is 24.0 Å². The molecule has 5 heteroatoms. The van der Waals surface area contributed by atoms with Crippen molar-refractivity contribution in [2.45, 2.75) is 38.6 Å². The van der Waals surface area contributed by atoms with Crippen molar-refractivity contribution in [1.29, 1.82) is 0 Å². The lowest BCUT2D eigenvalue weighted by molar-refractivity contribution is 0.252. The third-order valence-corrected chi connectivity index (χ3v) is 4.01. The lowest BCUT2D eigenvalue weighted by Crippen LogP contribution is -2.32. The van der Waals surface area contributed by atoms with E-state index in [2.05, 4.69) is 41.3 Å². The molecule has 0 spiro atoms. The van der Waals surface area contributed by atoms with Crippen LogP contribution in [0.5, 0.6) is 0 Å². The molecule has 21 heavy (non-hydrogen) atoms. The van der Waals surface area contributed by atoms with Crippen molar-refractivity contribution in [1.82, 2.24) is 4.90 Å². The van der Waals surface area contributed by atoms with Gasteiger partial charge in [0.25, 0.3) is 0 Å². The summed E-state index contributed by atoms with van der Waals surface area (Å²) in [6.45, 7) is 3.79. The van der Waals surface area contributed by atoms with Crippen LogP contribution in [0.15, 0.2) is 29.3 Å². The molecule has 1 aromatic carbocycles. The minimum Gasteiger partial charge on any atom is -0.370 e. The van der Waals surface area contributed by atoms with Gasteiger partial charge in [0, 0.05) is 18.3 Å². The van der Waals surface area contributed by atoms with Crippen molar-refractivity contribution in [3.05, 3.63) is 29.8 Å². The van der Waals surface area contributed by atoms with Crippen LogP contribution in [0.1, 0.15) is 31.2 Å². The maximum absolute atomic E-state index is 5.90. The third-order valence-electron chi connectivity index (χ3n) is 4.01. The first-order chi connectivity index (χ1) is 9.65. The molecule has 1 saturated carbocycles. The van der Waals surface area contributed by atoms with Crippen molar-refractivity contribution in [3.63, 3.8) is 0 Å². The fourth-order valence-electron chi connectivity index (χ4n) is 2.68. The van der Waals surface area contributed by atoms with Crippen molar-refractivity contribution in [2.75, 3.05) is 25.5 Å². The molecular weight excluding hydrogens is 375 g/mol. The predicted octanol–water partition coefficient (Wildman–Crippen LogP) is 3.21. The largest absolute Gasteiger partial charge is 0.370 e. The van der Waals surface area contributed by atoms with E-state index in [1.54, 1.807) is 0 Å². The lowest BCUT2D eigenvalue weighted by atomic mass is 10.2. The zero-order valence-corrected chi connectivity index (χ0v) is 15.3. The van der Waals surface area contributed by atoms with Gasteiger partial charge in [0.05, 0.1) is 6.54 Å². The van der Waals surface area contributed by atoms with Crippen molar-refractivity contribution < 1.29 is 0 Å². The number of nitrogens with one attached hydrogen (secondary N) is 1. The van der Waals surface area contributed by atoms with Crippen LogP contribution in [0.2, 0.25) is 0 Å². The van der Waals surface area contributed by atoms with Crippen LogP contribution in [0.25, 0.3) is 0 Å². The van der Waals surface area contributed by atoms with E-state index in [1.807, 2.05) is 12.1 Å². The maximum Gasteiger partial charge on any atom is 0.193 e. The van der Waals surface area contributed by atoms with Crippen LogP contribution in [0.4, 0.5) is 5.69 Å². The Kier molecular flexibility index (Phi) is 8.03. The first-order valence-electron chi connectivity index (χ1n) is 7.49. The number of likely N-dealkylation sites (N-methyl/N-ethyl adjacent to an activating group) is 1. The summed E-state index contributed by atoms with van der Waals surface area (Å²) in [6, 6.07) is 8.90. The summed E-state index contributed by atoms with van der Waals surface area (Å²) >= 11 is 0. The van der Waals surface area contributed by atoms with Crippen molar-refractivity contribution >= 4 is 35.6 Å². The molecule has 0 saturated heterocycles.